The molecule has 3 aromatic carbocycles. The predicted octanol–water partition coefficient (Wildman–Crippen LogP) is 3.56. The monoisotopic (exact) mass is 780 g/mol. The van der Waals surface area contributed by atoms with Gasteiger partial charge in [-0.1, -0.05) is 91.0 Å². The molecule has 0 saturated carbocycles. The second kappa shape index (κ2) is 21.0. The summed E-state index contributed by atoms with van der Waals surface area (Å²) in [7, 11) is 0. The van der Waals surface area contributed by atoms with Crippen LogP contribution in [0.4, 0.5) is 0 Å². The second-order valence-electron chi connectivity index (χ2n) is 13.3. The number of ether oxygens (including phenoxy) is 10. The lowest BCUT2D eigenvalue weighted by Gasteiger charge is -2.46. The number of aliphatic hydroxyl groups is 1. The van der Waals surface area contributed by atoms with Gasteiger partial charge >= 0.3 is 23.9 Å². The van der Waals surface area contributed by atoms with E-state index >= 15 is 0 Å². The lowest BCUT2D eigenvalue weighted by atomic mass is 9.97. The summed E-state index contributed by atoms with van der Waals surface area (Å²) in [6.07, 6.45) is -13.6. The summed E-state index contributed by atoms with van der Waals surface area (Å²) < 4.78 is 60.3. The number of esters is 4. The molecule has 0 aliphatic carbocycles. The van der Waals surface area contributed by atoms with Gasteiger partial charge in [0.25, 0.3) is 0 Å². The fraction of sp³-hybridized carbons (Fsp3) is 0.463. The smallest absolute Gasteiger partial charge is 0.303 e. The van der Waals surface area contributed by atoms with Gasteiger partial charge in [-0.25, -0.2) is 0 Å². The Bertz CT molecular complexity index is 1690. The third-order valence-corrected chi connectivity index (χ3v) is 8.80. The molecule has 2 aliphatic rings. The van der Waals surface area contributed by atoms with Gasteiger partial charge in [0, 0.05) is 27.7 Å². The van der Waals surface area contributed by atoms with Gasteiger partial charge in [0.05, 0.1) is 33.0 Å². The van der Waals surface area contributed by atoms with Crippen molar-refractivity contribution < 1.29 is 71.7 Å². The van der Waals surface area contributed by atoms with Crippen molar-refractivity contribution in [1.29, 1.82) is 0 Å². The zero-order valence-electron chi connectivity index (χ0n) is 31.6. The fourth-order valence-corrected chi connectivity index (χ4v) is 6.45. The minimum absolute atomic E-state index is 0.0545. The number of carbonyl (C=O) groups is 4. The van der Waals surface area contributed by atoms with Crippen LogP contribution in [0.5, 0.6) is 0 Å². The van der Waals surface area contributed by atoms with Crippen LogP contribution in [0.2, 0.25) is 0 Å². The zero-order chi connectivity index (χ0) is 40.0. The Hall–Kier alpha value is -4.74. The molecule has 5 rings (SSSR count). The summed E-state index contributed by atoms with van der Waals surface area (Å²) in [5.41, 5.74) is 2.49. The van der Waals surface area contributed by atoms with E-state index in [4.69, 9.17) is 47.4 Å². The number of hydrogen-bond donors (Lipinski definition) is 1. The molecular formula is C41H48O15. The quantitative estimate of drug-likeness (QED) is 0.165. The highest BCUT2D eigenvalue weighted by Crippen LogP contribution is 2.34. The number of hydrogen-bond acceptors (Lipinski definition) is 15. The van der Waals surface area contributed by atoms with Gasteiger partial charge < -0.3 is 52.5 Å². The Kier molecular flexibility index (Phi) is 15.9. The Labute approximate surface area is 325 Å². The Morgan fingerprint density at radius 2 is 1.04 bits per heavy atom. The summed E-state index contributed by atoms with van der Waals surface area (Å²) in [6, 6.07) is 28.0. The molecule has 0 radical (unpaired) electrons. The van der Waals surface area contributed by atoms with Crippen LogP contribution in [0.15, 0.2) is 91.0 Å². The van der Waals surface area contributed by atoms with E-state index in [1.807, 2.05) is 91.0 Å². The molecule has 2 heterocycles. The van der Waals surface area contributed by atoms with E-state index in [1.165, 1.54) is 0 Å². The molecule has 56 heavy (non-hydrogen) atoms. The highest BCUT2D eigenvalue weighted by Gasteiger charge is 2.54. The Balaban J connectivity index is 1.55. The van der Waals surface area contributed by atoms with Crippen molar-refractivity contribution in [2.24, 2.45) is 0 Å². The van der Waals surface area contributed by atoms with Crippen molar-refractivity contribution in [2.45, 2.75) is 109 Å². The van der Waals surface area contributed by atoms with Gasteiger partial charge in [-0.15, -0.1) is 0 Å². The number of rotatable bonds is 16. The van der Waals surface area contributed by atoms with E-state index < -0.39 is 91.9 Å². The lowest BCUT2D eigenvalue weighted by molar-refractivity contribution is -0.343. The van der Waals surface area contributed by atoms with Gasteiger partial charge in [0.15, 0.2) is 37.0 Å². The summed E-state index contributed by atoms with van der Waals surface area (Å²) >= 11 is 0. The third kappa shape index (κ3) is 12.4. The van der Waals surface area contributed by atoms with Crippen LogP contribution in [-0.4, -0.2) is 104 Å². The molecule has 15 heteroatoms. The standard InChI is InChI=1S/C41H48O15/c1-25(42)51-33-24-50-41(39(54-28(4)45)37(53-27(3)44)35(33)52-26(2)43)56-34-32(23-47-20-29-14-8-5-9-15-29)55-40(46)38(49-22-31-18-12-7-13-19-31)36(34)48-21-30-16-10-6-11-17-30/h5-19,32-41,46H,20-24H2,1-4H3/t32-,33-,34-,35-,36+,37+,38-,39-,40+,41+/m1/s1. The first-order valence-corrected chi connectivity index (χ1v) is 18.2. The largest absolute Gasteiger partial charge is 0.456 e. The molecule has 0 bridgehead atoms. The average molecular weight is 781 g/mol. The first kappa shape index (κ1) is 42.4. The van der Waals surface area contributed by atoms with Gasteiger partial charge in [-0.05, 0) is 16.7 Å². The van der Waals surface area contributed by atoms with Crippen LogP contribution in [0.25, 0.3) is 0 Å². The highest BCUT2D eigenvalue weighted by atomic mass is 16.7. The van der Waals surface area contributed by atoms with E-state index in [0.29, 0.717) is 0 Å². The van der Waals surface area contributed by atoms with E-state index in [0.717, 1.165) is 44.4 Å². The molecule has 3 aromatic rings. The van der Waals surface area contributed by atoms with Crippen molar-refractivity contribution in [2.75, 3.05) is 13.2 Å². The molecule has 2 saturated heterocycles. The Morgan fingerprint density at radius 1 is 0.571 bits per heavy atom. The van der Waals surface area contributed by atoms with Gasteiger partial charge in [-0.3, -0.25) is 19.2 Å². The first-order chi connectivity index (χ1) is 27.0. The number of benzene rings is 3. The molecule has 1 N–H and O–H groups in total. The normalized spacial score (nSPS) is 27.7. The second-order valence-corrected chi connectivity index (χ2v) is 13.3. The maximum Gasteiger partial charge on any atom is 0.303 e. The number of carbonyl (C=O) groups excluding carboxylic acids is 4. The van der Waals surface area contributed by atoms with Crippen LogP contribution >= 0.6 is 0 Å². The summed E-state index contributed by atoms with van der Waals surface area (Å²) in [5, 5.41) is 11.5. The lowest BCUT2D eigenvalue weighted by Crippen LogP contribution is -2.63. The minimum Gasteiger partial charge on any atom is -0.456 e. The van der Waals surface area contributed by atoms with E-state index in [1.54, 1.807) is 0 Å². The molecule has 302 valence electrons. The molecule has 0 unspecified atom stereocenters. The fourth-order valence-electron chi connectivity index (χ4n) is 6.45. The highest BCUT2D eigenvalue weighted by molar-refractivity contribution is 5.69. The SMILES string of the molecule is CC(=O)O[C@@H]1[C@@H](OC(C)=O)[C@H](O[C@H]2[C@H](OCc3ccccc3)[C@@H](OCc3ccccc3)[C@@H](O)O[C@@H]2COCc2ccccc2)OC[C@@H](OC(C)=O)[C@H]1OC(C)=O. The molecule has 0 aromatic heterocycles. The third-order valence-electron chi connectivity index (χ3n) is 8.80. The average Bonchev–Trinajstić information content (AvgIpc) is 3.27. The molecule has 2 aliphatic heterocycles. The van der Waals surface area contributed by atoms with Crippen LogP contribution in [0, 0.1) is 0 Å². The summed E-state index contributed by atoms with van der Waals surface area (Å²) in [5.74, 6) is -3.21. The summed E-state index contributed by atoms with van der Waals surface area (Å²) in [4.78, 5) is 49.8. The number of aliphatic hydroxyl groups excluding tert-OH is 1. The van der Waals surface area contributed by atoms with E-state index in [2.05, 4.69) is 0 Å². The van der Waals surface area contributed by atoms with E-state index in [9.17, 15) is 24.3 Å². The Morgan fingerprint density at radius 3 is 1.55 bits per heavy atom. The van der Waals surface area contributed by atoms with Crippen LogP contribution < -0.4 is 0 Å². The molecule has 10 atom stereocenters. The van der Waals surface area contributed by atoms with E-state index in [-0.39, 0.29) is 26.4 Å². The molecule has 15 nitrogen and oxygen atoms in total. The zero-order valence-corrected chi connectivity index (χ0v) is 31.6. The predicted molar refractivity (Wildman–Crippen MR) is 194 cm³/mol. The first-order valence-electron chi connectivity index (χ1n) is 18.2. The van der Waals surface area contributed by atoms with Crippen LogP contribution in [0.3, 0.4) is 0 Å². The molecular weight excluding hydrogens is 732 g/mol. The van der Waals surface area contributed by atoms with Crippen molar-refractivity contribution in [3.05, 3.63) is 108 Å². The van der Waals surface area contributed by atoms with Crippen molar-refractivity contribution in [3.8, 4) is 0 Å². The van der Waals surface area contributed by atoms with Gasteiger partial charge in [0.1, 0.15) is 24.4 Å². The van der Waals surface area contributed by atoms with Crippen LogP contribution in [0.1, 0.15) is 44.4 Å². The molecule has 0 spiro atoms. The van der Waals surface area contributed by atoms with Gasteiger partial charge in [0.2, 0.25) is 0 Å². The summed E-state index contributed by atoms with van der Waals surface area (Å²) in [6.45, 7) is 4.22. The maximum atomic E-state index is 12.7. The topological polar surface area (TPSA) is 181 Å². The molecule has 0 amide bonds. The maximum absolute atomic E-state index is 12.7. The van der Waals surface area contributed by atoms with Crippen LogP contribution in [-0.2, 0) is 86.4 Å². The van der Waals surface area contributed by atoms with Gasteiger partial charge in [-0.2, -0.15) is 0 Å². The molecule has 2 fully saturated rings. The van der Waals surface area contributed by atoms with Crippen molar-refractivity contribution >= 4 is 23.9 Å². The minimum atomic E-state index is -1.60. The van der Waals surface area contributed by atoms with Crippen molar-refractivity contribution in [3.63, 3.8) is 0 Å². The van der Waals surface area contributed by atoms with Crippen molar-refractivity contribution in [1.82, 2.24) is 0 Å².